The maximum Gasteiger partial charge on any atom is 0.217 e. The van der Waals surface area contributed by atoms with E-state index in [1.807, 2.05) is 0 Å². The number of carbonyl (C=O) groups excluding carboxylic acids is 2. The van der Waals surface area contributed by atoms with Crippen LogP contribution in [-0.2, 0) is 9.59 Å². The van der Waals surface area contributed by atoms with Crippen molar-refractivity contribution in [2.24, 2.45) is 0 Å². The third-order valence-electron chi connectivity index (χ3n) is 0.514. The lowest BCUT2D eigenvalue weighted by Crippen LogP contribution is -2.29. The lowest BCUT2D eigenvalue weighted by atomic mass is 10.6. The van der Waals surface area contributed by atoms with Crippen molar-refractivity contribution in [2.45, 2.75) is 28.2 Å². The average Bonchev–Trinajstić information content (AvgIpc) is 1.82. The first-order valence-corrected chi connectivity index (χ1v) is 3.37. The van der Waals surface area contributed by atoms with Crippen molar-refractivity contribution in [3.05, 3.63) is 0 Å². The highest BCUT2D eigenvalue weighted by Crippen LogP contribution is 1.52. The van der Waals surface area contributed by atoms with E-state index in [-0.39, 0.29) is 19.1 Å². The fraction of sp³-hybridized carbons (Fsp3) is 0.750. The number of nitrogens with one attached hydrogen (secondary N) is 2. The molecule has 0 rings (SSSR count). The molecular formula is C8H20N2O2. The predicted octanol–water partition coefficient (Wildman–Crippen LogP) is 0.531. The number of Topliss-reactive ketones (excluding diaryl/α,β-unsaturated/α-hetero) is 1. The van der Waals surface area contributed by atoms with Crippen molar-refractivity contribution < 1.29 is 9.59 Å². The van der Waals surface area contributed by atoms with Gasteiger partial charge in [0, 0.05) is 6.92 Å². The number of hydrogen-bond acceptors (Lipinski definition) is 3. The molecule has 12 heavy (non-hydrogen) atoms. The summed E-state index contributed by atoms with van der Waals surface area (Å²) in [6, 6.07) is 0. The zero-order chi connectivity index (χ0) is 9.28. The third-order valence-corrected chi connectivity index (χ3v) is 0.514. The van der Waals surface area contributed by atoms with Gasteiger partial charge in [0.15, 0.2) is 0 Å². The van der Waals surface area contributed by atoms with Gasteiger partial charge in [-0.1, -0.05) is 7.43 Å². The van der Waals surface area contributed by atoms with Crippen LogP contribution in [0, 0.1) is 0 Å². The largest absolute Gasteiger partial charge is 0.344 e. The first kappa shape index (κ1) is 17.3. The van der Waals surface area contributed by atoms with Crippen molar-refractivity contribution in [1.82, 2.24) is 10.6 Å². The van der Waals surface area contributed by atoms with Crippen LogP contribution in [0.3, 0.4) is 0 Å². The maximum atomic E-state index is 10.1. The molecule has 0 fully saturated rings. The number of amides is 1. The molecule has 4 heteroatoms. The van der Waals surface area contributed by atoms with E-state index in [0.29, 0.717) is 6.67 Å². The lowest BCUT2D eigenvalue weighted by molar-refractivity contribution is -0.119. The fourth-order valence-electron chi connectivity index (χ4n) is 0.213. The summed E-state index contributed by atoms with van der Waals surface area (Å²) in [5.41, 5.74) is 0. The maximum absolute atomic E-state index is 10.1. The first-order chi connectivity index (χ1) is 5.00. The van der Waals surface area contributed by atoms with Crippen LogP contribution >= 0.6 is 0 Å². The molecule has 0 unspecified atom stereocenters. The van der Waals surface area contributed by atoms with Gasteiger partial charge in [-0.15, -0.1) is 0 Å². The van der Waals surface area contributed by atoms with Gasteiger partial charge in [0.05, 0.1) is 6.67 Å². The van der Waals surface area contributed by atoms with Gasteiger partial charge < -0.3 is 15.4 Å². The molecule has 0 saturated carbocycles. The summed E-state index contributed by atoms with van der Waals surface area (Å²) in [5, 5.41) is 5.31. The Hall–Kier alpha value is -0.900. The van der Waals surface area contributed by atoms with Crippen LogP contribution in [0.25, 0.3) is 0 Å². The van der Waals surface area contributed by atoms with E-state index in [1.54, 1.807) is 7.05 Å². The van der Waals surface area contributed by atoms with Crippen LogP contribution in [0.2, 0.25) is 0 Å². The Bertz CT molecular complexity index is 120. The van der Waals surface area contributed by atoms with E-state index >= 15 is 0 Å². The lowest BCUT2D eigenvalue weighted by Gasteiger charge is -1.95. The van der Waals surface area contributed by atoms with Gasteiger partial charge in [0.25, 0.3) is 0 Å². The van der Waals surface area contributed by atoms with Crippen LogP contribution in [0.4, 0.5) is 0 Å². The molecule has 74 valence electrons. The van der Waals surface area contributed by atoms with Crippen LogP contribution in [-0.4, -0.2) is 25.4 Å². The van der Waals surface area contributed by atoms with Gasteiger partial charge in [-0.25, -0.2) is 0 Å². The molecule has 2 N–H and O–H groups in total. The first-order valence-electron chi connectivity index (χ1n) is 3.37. The summed E-state index contributed by atoms with van der Waals surface area (Å²) in [4.78, 5) is 19.5. The monoisotopic (exact) mass is 176 g/mol. The van der Waals surface area contributed by atoms with Crippen molar-refractivity contribution in [1.29, 1.82) is 0 Å². The van der Waals surface area contributed by atoms with E-state index in [4.69, 9.17) is 0 Å². The quantitative estimate of drug-likeness (QED) is 0.603. The molecule has 0 bridgehead atoms. The minimum absolute atomic E-state index is 0. The zero-order valence-corrected chi connectivity index (χ0v) is 7.52. The Morgan fingerprint density at radius 1 is 1.17 bits per heavy atom. The molecular weight excluding hydrogens is 156 g/mol. The molecule has 0 aromatic rings. The molecule has 0 heterocycles. The van der Waals surface area contributed by atoms with Crippen LogP contribution in [0.5, 0.6) is 0 Å². The SMILES string of the molecule is C.CC(C)=O.CNCNC(C)=O. The summed E-state index contributed by atoms with van der Waals surface area (Å²) in [6.07, 6.45) is 0. The molecule has 4 nitrogen and oxygen atoms in total. The van der Waals surface area contributed by atoms with Gasteiger partial charge in [0.2, 0.25) is 5.91 Å². The Labute approximate surface area is 74.7 Å². The Balaban J connectivity index is -0.000000142. The molecule has 0 atom stereocenters. The van der Waals surface area contributed by atoms with Gasteiger partial charge in [-0.3, -0.25) is 4.79 Å². The van der Waals surface area contributed by atoms with Crippen LogP contribution < -0.4 is 10.6 Å². The number of hydrogen-bond donors (Lipinski definition) is 2. The topological polar surface area (TPSA) is 58.2 Å². The van der Waals surface area contributed by atoms with E-state index in [0.717, 1.165) is 0 Å². The second kappa shape index (κ2) is 12.7. The van der Waals surface area contributed by atoms with Crippen LogP contribution in [0.1, 0.15) is 28.2 Å². The highest BCUT2D eigenvalue weighted by atomic mass is 16.1. The number of rotatable bonds is 2. The Kier molecular flexibility index (Phi) is 18.3. The highest BCUT2D eigenvalue weighted by molar-refractivity contribution is 5.72. The van der Waals surface area contributed by atoms with E-state index in [9.17, 15) is 9.59 Å². The van der Waals surface area contributed by atoms with E-state index in [1.165, 1.54) is 20.8 Å². The molecule has 1 amide bonds. The Morgan fingerprint density at radius 2 is 1.50 bits per heavy atom. The third kappa shape index (κ3) is 62.1. The summed E-state index contributed by atoms with van der Waals surface area (Å²) >= 11 is 0. The minimum Gasteiger partial charge on any atom is -0.344 e. The second-order valence-corrected chi connectivity index (χ2v) is 2.17. The number of ketones is 1. The van der Waals surface area contributed by atoms with Gasteiger partial charge in [-0.05, 0) is 20.9 Å². The average molecular weight is 176 g/mol. The van der Waals surface area contributed by atoms with Crippen molar-refractivity contribution >= 4 is 11.7 Å². The molecule has 0 aliphatic rings. The molecule has 0 aromatic carbocycles. The van der Waals surface area contributed by atoms with Gasteiger partial charge in [0.1, 0.15) is 5.78 Å². The van der Waals surface area contributed by atoms with Crippen molar-refractivity contribution in [3.63, 3.8) is 0 Å². The minimum atomic E-state index is -0.00523. The van der Waals surface area contributed by atoms with Crippen LogP contribution in [0.15, 0.2) is 0 Å². The molecule has 0 saturated heterocycles. The normalized spacial score (nSPS) is 7.00. The molecule has 0 spiro atoms. The second-order valence-electron chi connectivity index (χ2n) is 2.17. The van der Waals surface area contributed by atoms with E-state index in [2.05, 4.69) is 10.6 Å². The molecule has 0 aliphatic carbocycles. The smallest absolute Gasteiger partial charge is 0.217 e. The van der Waals surface area contributed by atoms with E-state index < -0.39 is 0 Å². The summed E-state index contributed by atoms with van der Waals surface area (Å²) < 4.78 is 0. The molecule has 0 radical (unpaired) electrons. The zero-order valence-electron chi connectivity index (χ0n) is 7.52. The highest BCUT2D eigenvalue weighted by Gasteiger charge is 1.82. The standard InChI is InChI=1S/C4H10N2O.C3H6O.CH4/c1-4(7)6-3-5-2;1-3(2)4;/h5H,3H2,1-2H3,(H,6,7);1-2H3;1H4. The van der Waals surface area contributed by atoms with Crippen molar-refractivity contribution in [2.75, 3.05) is 13.7 Å². The molecule has 0 aromatic heterocycles. The summed E-state index contributed by atoms with van der Waals surface area (Å²) in [7, 11) is 1.77. The Morgan fingerprint density at radius 3 is 1.58 bits per heavy atom. The molecule has 0 aliphatic heterocycles. The van der Waals surface area contributed by atoms with Gasteiger partial charge >= 0.3 is 0 Å². The van der Waals surface area contributed by atoms with Crippen molar-refractivity contribution in [3.8, 4) is 0 Å². The predicted molar refractivity (Wildman–Crippen MR) is 50.8 cm³/mol. The summed E-state index contributed by atoms with van der Waals surface area (Å²) in [5.74, 6) is 0.161. The number of carbonyl (C=O) groups is 2. The fourth-order valence-corrected chi connectivity index (χ4v) is 0.213. The van der Waals surface area contributed by atoms with Gasteiger partial charge in [-0.2, -0.15) is 0 Å². The summed E-state index contributed by atoms with van der Waals surface area (Å²) in [6.45, 7) is 5.09.